The number of benzene rings is 5. The molecule has 5 aromatic rings. The van der Waals surface area contributed by atoms with Gasteiger partial charge < -0.3 is 38.3 Å². The Morgan fingerprint density at radius 2 is 0.910 bits per heavy atom. The van der Waals surface area contributed by atoms with Crippen LogP contribution in [0.1, 0.15) is 111 Å². The largest absolute Gasteiger partial charge is 1.00 e. The highest BCUT2D eigenvalue weighted by molar-refractivity contribution is 7.53. The maximum absolute atomic E-state index is 12.5. The molecular formula is C70H100F2N7O8P2+. The van der Waals surface area contributed by atoms with E-state index in [1.807, 2.05) is 107 Å². The predicted octanol–water partition coefficient (Wildman–Crippen LogP) is 11.7. The zero-order valence-corrected chi connectivity index (χ0v) is 59.0. The van der Waals surface area contributed by atoms with E-state index in [1.165, 1.54) is 71.7 Å². The standard InChI is InChI=1S/C27H31N3O2.C25H30N3.C11H22NO4P.C7H16FO2P.FH/c1-20(21(2)31)28-32-27(22-10-8-7-9-11-22,23-12-16-25(17-13-23)29(3)4)24-14-18-26(19-15-24)30(5)6;1-26(2)22-13-7-19(8-14-22)25(20-9-15-23(16-10-20)27(3)4)21-11-17-24(18-12-21)28(5)6;1-8(9(2)13)12-16-17(7,14)15-10(3)11(4,5)6;1-6(7(2,3)4)10-11(5,8)9;/h7-19H,1-6H3;7-18H,1-6H3;10H,1-7H3;6H,1-5H3;1H/q;+1;;;/b28-20+;;12-8+;;/t;;10?,17-;6?,11-;/m..10./s1. The summed E-state index contributed by atoms with van der Waals surface area (Å²) in [4.78, 5) is 36.7. The summed E-state index contributed by atoms with van der Waals surface area (Å²) in [6, 6.07) is 44.2. The molecule has 0 aliphatic heterocycles. The fraction of sp³-hybridized carbons (Fsp3) is 0.414. The molecule has 0 radical (unpaired) electrons. The van der Waals surface area contributed by atoms with E-state index in [-0.39, 0.29) is 45.0 Å². The van der Waals surface area contributed by atoms with E-state index in [0.29, 0.717) is 5.71 Å². The number of halogens is 2. The molecule has 0 heterocycles. The van der Waals surface area contributed by atoms with Gasteiger partial charge in [-0.2, -0.15) is 4.20 Å². The number of carbonyl (C=O) groups is 2. The Labute approximate surface area is 531 Å². The summed E-state index contributed by atoms with van der Waals surface area (Å²) in [5.41, 5.74) is 12.7. The first-order chi connectivity index (χ1) is 40.7. The summed E-state index contributed by atoms with van der Waals surface area (Å²) in [6.07, 6.45) is 8.23. The third-order valence-corrected chi connectivity index (χ3v) is 16.4. The molecule has 6 rings (SSSR count). The van der Waals surface area contributed by atoms with Crippen LogP contribution in [0.4, 0.5) is 26.9 Å². The highest BCUT2D eigenvalue weighted by atomic mass is 31.2. The molecule has 15 nitrogen and oxygen atoms in total. The Morgan fingerprint density at radius 3 is 1.25 bits per heavy atom. The molecule has 2 unspecified atom stereocenters. The van der Waals surface area contributed by atoms with Gasteiger partial charge in [-0.3, -0.25) is 18.7 Å². The number of Topliss-reactive ketones (excluding diaryl/α,β-unsaturated/α-hetero) is 2. The van der Waals surface area contributed by atoms with Crippen molar-refractivity contribution in [2.45, 2.75) is 101 Å². The van der Waals surface area contributed by atoms with Crippen LogP contribution in [0.15, 0.2) is 168 Å². The number of carbonyl (C=O) groups excluding carboxylic acids is 2. The molecule has 0 spiro atoms. The average molecular weight is 1270 g/mol. The summed E-state index contributed by atoms with van der Waals surface area (Å²) in [6.45, 7) is 23.5. The molecule has 1 N–H and O–H groups in total. The number of anilines is 3. The Bertz CT molecular complexity index is 3250. The second-order valence-electron chi connectivity index (χ2n) is 25.1. The molecule has 89 heavy (non-hydrogen) atoms. The summed E-state index contributed by atoms with van der Waals surface area (Å²) < 4.78 is 52.0. The molecule has 0 saturated heterocycles. The minimum Gasteiger partial charge on any atom is -1.00 e. The van der Waals surface area contributed by atoms with Gasteiger partial charge in [0, 0.05) is 109 Å². The smallest absolute Gasteiger partial charge is 0.397 e. The second kappa shape index (κ2) is 34.2. The fourth-order valence-electron chi connectivity index (χ4n) is 7.95. The molecule has 0 aromatic heterocycles. The molecule has 0 saturated carbocycles. The number of oxime groups is 2. The van der Waals surface area contributed by atoms with E-state index in [1.54, 1.807) is 13.8 Å². The predicted molar refractivity (Wildman–Crippen MR) is 367 cm³/mol. The highest BCUT2D eigenvalue weighted by Crippen LogP contribution is 2.49. The van der Waals surface area contributed by atoms with Gasteiger partial charge in [-0.15, -0.1) is 0 Å². The van der Waals surface area contributed by atoms with Crippen LogP contribution in [-0.4, -0.2) is 129 Å². The van der Waals surface area contributed by atoms with Gasteiger partial charge in [0.25, 0.3) is 0 Å². The number of allylic oxidation sites excluding steroid dienone is 5. The molecule has 1 aliphatic rings. The van der Waals surface area contributed by atoms with Gasteiger partial charge in [0.15, 0.2) is 17.3 Å². The Morgan fingerprint density at radius 1 is 0.551 bits per heavy atom. The lowest BCUT2D eigenvalue weighted by molar-refractivity contribution is -0.786. The number of nitrogens with zero attached hydrogens (tertiary/aromatic N) is 6. The zero-order chi connectivity index (χ0) is 66.7. The van der Waals surface area contributed by atoms with Gasteiger partial charge in [-0.1, -0.05) is 119 Å². The highest BCUT2D eigenvalue weighted by Gasteiger charge is 2.40. The SMILES string of the molecule is CC(=O)/C(C)=N/OC(c1ccccc1)(c1ccc(N(C)C)cc1)c1ccc(N(C)C)cc1.CC(=O)/C(C)=N/O[P@](C)(=O)OC(C)C(C)(C)C.CC(O[P@](C)(=O)F)C(C)(C)C.CN(C)c1ccc(C(=C2C=CC(=[N+](C)C)C=C2)c2ccc([NH+](C)C)cc2)cc1.[F-]. The Kier molecular flexibility index (Phi) is 29.9. The maximum atomic E-state index is 12.5. The molecule has 19 heteroatoms. The van der Waals surface area contributed by atoms with Gasteiger partial charge in [-0.25, -0.2) is 9.14 Å². The van der Waals surface area contributed by atoms with Crippen molar-refractivity contribution in [3.8, 4) is 0 Å². The van der Waals surface area contributed by atoms with Crippen molar-refractivity contribution in [3.63, 3.8) is 0 Å². The van der Waals surface area contributed by atoms with E-state index in [4.69, 9.17) is 18.5 Å². The van der Waals surface area contributed by atoms with Crippen LogP contribution >= 0.6 is 15.3 Å². The third-order valence-electron chi connectivity index (χ3n) is 14.7. The number of rotatable bonds is 19. The van der Waals surface area contributed by atoms with E-state index < -0.39 is 20.9 Å². The zero-order valence-electron chi connectivity index (χ0n) is 57.2. The van der Waals surface area contributed by atoms with E-state index in [2.05, 4.69) is 193 Å². The van der Waals surface area contributed by atoms with Crippen LogP contribution in [0.3, 0.4) is 0 Å². The van der Waals surface area contributed by atoms with Crippen molar-refractivity contribution in [1.29, 1.82) is 0 Å². The first kappa shape index (κ1) is 78.0. The van der Waals surface area contributed by atoms with Crippen LogP contribution in [0, 0.1) is 10.8 Å². The fourth-order valence-corrected chi connectivity index (χ4v) is 10.0. The molecule has 4 atom stereocenters. The molecule has 0 bridgehead atoms. The lowest BCUT2D eigenvalue weighted by atomic mass is 9.80. The summed E-state index contributed by atoms with van der Waals surface area (Å²) in [5, 5.41) is 7.80. The van der Waals surface area contributed by atoms with Crippen LogP contribution < -0.4 is 24.3 Å². The monoisotopic (exact) mass is 1270 g/mol. The molecule has 1 aliphatic carbocycles. The van der Waals surface area contributed by atoms with E-state index >= 15 is 0 Å². The van der Waals surface area contributed by atoms with Crippen molar-refractivity contribution in [2.24, 2.45) is 21.1 Å². The summed E-state index contributed by atoms with van der Waals surface area (Å²) in [7, 11) is 13.5. The van der Waals surface area contributed by atoms with Crippen LogP contribution in [0.25, 0.3) is 5.57 Å². The van der Waals surface area contributed by atoms with Crippen molar-refractivity contribution in [3.05, 3.63) is 185 Å². The molecule has 486 valence electrons. The maximum Gasteiger partial charge on any atom is 0.397 e. The summed E-state index contributed by atoms with van der Waals surface area (Å²) >= 11 is 0. The van der Waals surface area contributed by atoms with Crippen LogP contribution in [0.2, 0.25) is 0 Å². The van der Waals surface area contributed by atoms with Crippen LogP contribution in [-0.2, 0) is 42.8 Å². The van der Waals surface area contributed by atoms with Gasteiger partial charge in [0.1, 0.15) is 31.2 Å². The Hall–Kier alpha value is -7.13. The number of hydrogen-bond donors (Lipinski definition) is 1. The van der Waals surface area contributed by atoms with Gasteiger partial charge >= 0.3 is 15.3 Å². The second-order valence-corrected chi connectivity index (χ2v) is 28.8. The normalized spacial score (nSPS) is 14.5. The first-order valence-electron chi connectivity index (χ1n) is 29.3. The lowest BCUT2D eigenvalue weighted by Gasteiger charge is -2.34. The van der Waals surface area contributed by atoms with Gasteiger partial charge in [-0.05, 0) is 134 Å². The van der Waals surface area contributed by atoms with Crippen molar-refractivity contribution in [1.82, 2.24) is 0 Å². The van der Waals surface area contributed by atoms with Gasteiger partial charge in [0.2, 0.25) is 5.60 Å². The molecular weight excluding hydrogens is 1170 g/mol. The third kappa shape index (κ3) is 24.6. The number of nitrogens with one attached hydrogen (secondary N) is 1. The molecule has 0 amide bonds. The van der Waals surface area contributed by atoms with E-state index in [9.17, 15) is 22.9 Å². The molecule has 0 fully saturated rings. The first-order valence-corrected chi connectivity index (χ1v) is 33.3. The molecule has 5 aromatic carbocycles. The van der Waals surface area contributed by atoms with Crippen molar-refractivity contribution in [2.75, 3.05) is 98.5 Å². The van der Waals surface area contributed by atoms with E-state index in [0.717, 1.165) is 34.7 Å². The lowest BCUT2D eigenvalue weighted by Crippen LogP contribution is -3.00. The van der Waals surface area contributed by atoms with Crippen molar-refractivity contribution < 1.29 is 55.6 Å². The van der Waals surface area contributed by atoms with Crippen molar-refractivity contribution >= 4 is 72.3 Å². The number of hydrogen-bond acceptors (Lipinski definition) is 13. The van der Waals surface area contributed by atoms with Gasteiger partial charge in [0.05, 0.1) is 33.0 Å². The average Bonchev–Trinajstić information content (AvgIpc) is 1.51. The number of ketones is 2. The topological polar surface area (TPSA) is 147 Å². The Balaban J connectivity index is 0.000000432. The summed E-state index contributed by atoms with van der Waals surface area (Å²) in [5.74, 6) is -0.355. The quantitative estimate of drug-likeness (QED) is 0.0277. The number of quaternary nitrogens is 1. The minimum absolute atomic E-state index is 0. The minimum atomic E-state index is -3.82. The van der Waals surface area contributed by atoms with Crippen LogP contribution in [0.5, 0.6) is 0 Å².